The molecule has 0 radical (unpaired) electrons. The van der Waals surface area contributed by atoms with Gasteiger partial charge in [0, 0.05) is 37.9 Å². The van der Waals surface area contributed by atoms with Crippen LogP contribution in [0.25, 0.3) is 22.3 Å². The molecule has 0 N–H and O–H groups in total. The Hall–Kier alpha value is -7.07. The highest BCUT2D eigenvalue weighted by atomic mass is 32.2. The van der Waals surface area contributed by atoms with Gasteiger partial charge in [0.2, 0.25) is 0 Å². The van der Waals surface area contributed by atoms with Crippen molar-refractivity contribution in [3.63, 3.8) is 0 Å². The fourth-order valence-electron chi connectivity index (χ4n) is 11.1. The molecule has 0 amide bonds. The van der Waals surface area contributed by atoms with Crippen molar-refractivity contribution in [2.45, 2.75) is 20.6 Å². The van der Waals surface area contributed by atoms with E-state index in [0.29, 0.717) is 0 Å². The maximum absolute atomic E-state index is 6.67. The number of anilines is 3. The van der Waals surface area contributed by atoms with Crippen LogP contribution < -0.4 is 9.64 Å². The van der Waals surface area contributed by atoms with Crippen molar-refractivity contribution in [1.29, 1.82) is 0 Å². The van der Waals surface area contributed by atoms with Crippen molar-refractivity contribution in [3.8, 4) is 33.8 Å². The summed E-state index contributed by atoms with van der Waals surface area (Å²) >= 11 is 1.89. The largest absolute Gasteiger partial charge is 0.457 e. The molecule has 276 valence electrons. The standard InChI is InChI=1S/C56H35NOS/c1-2-17-36(18-3-1)57(37-33-34-39-38-19-4-6-21-41(38)56(48(39)35-37)45-25-10-14-31-52(45)59-53-32-15-11-26-46(53)56)49-28-16-27-47-54(49)40-20-5-7-22-42(40)55(47)43-23-8-12-29-50(43)58-51-30-13-9-24-44(51)55/h1-35H. The van der Waals surface area contributed by atoms with Crippen LogP contribution >= 0.6 is 11.8 Å². The van der Waals surface area contributed by atoms with Crippen LogP contribution in [0.15, 0.2) is 222 Å². The van der Waals surface area contributed by atoms with E-state index in [-0.39, 0.29) is 0 Å². The normalized spacial score (nSPS) is 14.8. The summed E-state index contributed by atoms with van der Waals surface area (Å²) in [6.07, 6.45) is 0. The molecule has 0 fully saturated rings. The maximum atomic E-state index is 6.67. The van der Waals surface area contributed by atoms with Crippen molar-refractivity contribution in [3.05, 3.63) is 257 Å². The molecule has 0 bridgehead atoms. The summed E-state index contributed by atoms with van der Waals surface area (Å²) in [6.45, 7) is 0. The number of rotatable bonds is 3. The number of hydrogen-bond acceptors (Lipinski definition) is 3. The van der Waals surface area contributed by atoms with Crippen LogP contribution in [0.3, 0.4) is 0 Å². The highest BCUT2D eigenvalue weighted by Crippen LogP contribution is 2.66. The molecule has 2 aliphatic heterocycles. The lowest BCUT2D eigenvalue weighted by Crippen LogP contribution is -2.32. The van der Waals surface area contributed by atoms with Crippen molar-refractivity contribution >= 4 is 28.8 Å². The van der Waals surface area contributed by atoms with Crippen molar-refractivity contribution in [2.24, 2.45) is 0 Å². The Bertz CT molecular complexity index is 3110. The second-order valence-electron chi connectivity index (χ2n) is 15.9. The van der Waals surface area contributed by atoms with E-state index in [1.54, 1.807) is 0 Å². The summed E-state index contributed by atoms with van der Waals surface area (Å²) in [5.41, 5.74) is 17.6. The Morgan fingerprint density at radius 3 is 1.51 bits per heavy atom. The average Bonchev–Trinajstić information content (AvgIpc) is 3.76. The lowest BCUT2D eigenvalue weighted by molar-refractivity contribution is 0.436. The predicted molar refractivity (Wildman–Crippen MR) is 240 cm³/mol. The molecule has 4 aliphatic rings. The molecule has 3 heteroatoms. The SMILES string of the molecule is c1ccc(N(c2ccc3c(c2)C2(c4ccccc4Sc4ccccc42)c2ccccc2-3)c2cccc3c2-c2ccccc2C32c3ccccc3Oc3ccccc32)cc1. The minimum Gasteiger partial charge on any atom is -0.457 e. The molecule has 9 aromatic rings. The summed E-state index contributed by atoms with van der Waals surface area (Å²) in [4.78, 5) is 5.11. The zero-order chi connectivity index (χ0) is 38.7. The smallest absolute Gasteiger partial charge is 0.132 e. The Kier molecular flexibility index (Phi) is 6.83. The van der Waals surface area contributed by atoms with Crippen LogP contribution in [0, 0.1) is 0 Å². The monoisotopic (exact) mass is 769 g/mol. The molecule has 2 nitrogen and oxygen atoms in total. The third kappa shape index (κ3) is 4.22. The summed E-state index contributed by atoms with van der Waals surface area (Å²) in [5, 5.41) is 0. The molecule has 0 unspecified atom stereocenters. The van der Waals surface area contributed by atoms with Gasteiger partial charge in [-0.1, -0.05) is 169 Å². The summed E-state index contributed by atoms with van der Waals surface area (Å²) in [7, 11) is 0. The van der Waals surface area contributed by atoms with Gasteiger partial charge >= 0.3 is 0 Å². The van der Waals surface area contributed by atoms with Gasteiger partial charge in [-0.25, -0.2) is 0 Å². The Morgan fingerprint density at radius 2 is 0.831 bits per heavy atom. The maximum Gasteiger partial charge on any atom is 0.132 e. The minimum atomic E-state index is -0.563. The zero-order valence-electron chi connectivity index (χ0n) is 32.0. The molecule has 0 saturated carbocycles. The van der Waals surface area contributed by atoms with Crippen molar-refractivity contribution in [2.75, 3.05) is 4.90 Å². The van der Waals surface area contributed by atoms with Gasteiger partial charge in [0.1, 0.15) is 11.5 Å². The van der Waals surface area contributed by atoms with Gasteiger partial charge in [0.25, 0.3) is 0 Å². The molecule has 13 rings (SSSR count). The highest BCUT2D eigenvalue weighted by molar-refractivity contribution is 7.99. The van der Waals surface area contributed by atoms with Crippen LogP contribution in [0.5, 0.6) is 11.5 Å². The van der Waals surface area contributed by atoms with Gasteiger partial charge in [-0.15, -0.1) is 0 Å². The number of nitrogens with zero attached hydrogens (tertiary/aromatic N) is 1. The topological polar surface area (TPSA) is 12.5 Å². The lowest BCUT2D eigenvalue weighted by Gasteiger charge is -2.40. The van der Waals surface area contributed by atoms with Crippen molar-refractivity contribution < 1.29 is 4.74 Å². The van der Waals surface area contributed by atoms with Gasteiger partial charge in [-0.05, 0) is 105 Å². The first-order valence-corrected chi connectivity index (χ1v) is 21.2. The van der Waals surface area contributed by atoms with Crippen LogP contribution in [0.1, 0.15) is 44.5 Å². The third-order valence-corrected chi connectivity index (χ3v) is 14.3. The van der Waals surface area contributed by atoms with E-state index < -0.39 is 10.8 Å². The van der Waals surface area contributed by atoms with Crippen LogP contribution in [-0.4, -0.2) is 0 Å². The van der Waals surface area contributed by atoms with Gasteiger partial charge in [0.15, 0.2) is 0 Å². The van der Waals surface area contributed by atoms with E-state index in [1.165, 1.54) is 65.4 Å². The summed E-state index contributed by atoms with van der Waals surface area (Å²) in [5.74, 6) is 1.79. The predicted octanol–water partition coefficient (Wildman–Crippen LogP) is 14.5. The molecule has 0 aromatic heterocycles. The first kappa shape index (κ1) is 33.0. The van der Waals surface area contributed by atoms with Crippen molar-refractivity contribution in [1.82, 2.24) is 0 Å². The van der Waals surface area contributed by atoms with E-state index in [0.717, 1.165) is 39.7 Å². The molecule has 2 aliphatic carbocycles. The molecule has 2 spiro atoms. The minimum absolute atomic E-state index is 0.479. The second kappa shape index (κ2) is 12.2. The van der Waals surface area contributed by atoms with E-state index in [2.05, 4.69) is 217 Å². The van der Waals surface area contributed by atoms with E-state index >= 15 is 0 Å². The fraction of sp³-hybridized carbons (Fsp3) is 0.0357. The first-order chi connectivity index (χ1) is 29.3. The molecule has 2 heterocycles. The molecular weight excluding hydrogens is 735 g/mol. The molecule has 0 saturated heterocycles. The van der Waals surface area contributed by atoms with Gasteiger partial charge in [0.05, 0.1) is 16.5 Å². The number of fused-ring (bicyclic) bond motifs is 18. The zero-order valence-corrected chi connectivity index (χ0v) is 32.8. The lowest BCUT2D eigenvalue weighted by atomic mass is 9.66. The van der Waals surface area contributed by atoms with Gasteiger partial charge < -0.3 is 9.64 Å². The van der Waals surface area contributed by atoms with Crippen LogP contribution in [-0.2, 0) is 10.8 Å². The highest BCUT2D eigenvalue weighted by Gasteiger charge is 2.53. The third-order valence-electron chi connectivity index (χ3n) is 13.2. The Labute approximate surface area is 348 Å². The molecule has 9 aromatic carbocycles. The van der Waals surface area contributed by atoms with Crippen LogP contribution in [0.2, 0.25) is 0 Å². The summed E-state index contributed by atoms with van der Waals surface area (Å²) in [6, 6.07) is 78.5. The van der Waals surface area contributed by atoms with Crippen LogP contribution in [0.4, 0.5) is 17.1 Å². The Morgan fingerprint density at radius 1 is 0.339 bits per heavy atom. The molecule has 59 heavy (non-hydrogen) atoms. The number of benzene rings is 9. The number of ether oxygens (including phenoxy) is 1. The average molecular weight is 770 g/mol. The van der Waals surface area contributed by atoms with Gasteiger partial charge in [-0.3, -0.25) is 0 Å². The quantitative estimate of drug-likeness (QED) is 0.178. The second-order valence-corrected chi connectivity index (χ2v) is 17.0. The number of para-hydroxylation sites is 3. The first-order valence-electron chi connectivity index (χ1n) is 20.3. The van der Waals surface area contributed by atoms with E-state index in [1.807, 2.05) is 11.8 Å². The number of hydrogen-bond donors (Lipinski definition) is 0. The molecule has 0 atom stereocenters. The van der Waals surface area contributed by atoms with Gasteiger partial charge in [-0.2, -0.15) is 0 Å². The summed E-state index contributed by atoms with van der Waals surface area (Å²) < 4.78 is 6.67. The van der Waals surface area contributed by atoms with E-state index in [9.17, 15) is 0 Å². The fourth-order valence-corrected chi connectivity index (χ4v) is 12.2. The Balaban J connectivity index is 1.11. The molecular formula is C56H35NOS. The van der Waals surface area contributed by atoms with E-state index in [4.69, 9.17) is 4.74 Å².